The highest BCUT2D eigenvalue weighted by molar-refractivity contribution is 9.10. The molecule has 1 aromatic carbocycles. The maximum absolute atomic E-state index is 10.3. The number of benzene rings is 1. The molecule has 0 amide bonds. The predicted molar refractivity (Wildman–Crippen MR) is 68.5 cm³/mol. The van der Waals surface area contributed by atoms with Gasteiger partial charge in [-0.25, -0.2) is 4.68 Å². The van der Waals surface area contributed by atoms with Crippen LogP contribution in [0.15, 0.2) is 34.9 Å². The first-order chi connectivity index (χ1) is 8.24. The van der Waals surface area contributed by atoms with Crippen LogP contribution in [0.1, 0.15) is 30.7 Å². The normalized spacial score (nSPS) is 12.6. The van der Waals surface area contributed by atoms with Gasteiger partial charge in [-0.05, 0) is 12.5 Å². The van der Waals surface area contributed by atoms with E-state index in [4.69, 9.17) is 0 Å². The highest BCUT2D eigenvalue weighted by Gasteiger charge is 2.17. The summed E-state index contributed by atoms with van der Waals surface area (Å²) in [5, 5.41) is 18.2. The minimum atomic E-state index is -0.702. The lowest BCUT2D eigenvalue weighted by Gasteiger charge is -2.13. The predicted octanol–water partition coefficient (Wildman–Crippen LogP) is 2.53. The number of aliphatic hydroxyl groups excluding tert-OH is 1. The average Bonchev–Trinajstić information content (AvgIpc) is 2.78. The number of aliphatic hydroxyl groups is 1. The number of aromatic nitrogens is 3. The number of rotatable bonds is 4. The van der Waals surface area contributed by atoms with E-state index < -0.39 is 6.10 Å². The molecule has 0 aliphatic rings. The molecule has 0 fully saturated rings. The molecule has 2 aromatic rings. The molecule has 0 spiro atoms. The Morgan fingerprint density at radius 1 is 1.41 bits per heavy atom. The highest BCUT2D eigenvalue weighted by Crippen LogP contribution is 2.27. The first kappa shape index (κ1) is 12.3. The molecule has 1 atom stereocenters. The van der Waals surface area contributed by atoms with Gasteiger partial charge in [0.1, 0.15) is 6.10 Å². The zero-order valence-electron chi connectivity index (χ0n) is 9.55. The molecule has 1 N–H and O–H groups in total. The molecule has 0 saturated carbocycles. The van der Waals surface area contributed by atoms with Crippen LogP contribution in [0.5, 0.6) is 0 Å². The zero-order valence-corrected chi connectivity index (χ0v) is 11.1. The van der Waals surface area contributed by atoms with Crippen LogP contribution in [0.4, 0.5) is 0 Å². The van der Waals surface area contributed by atoms with Crippen LogP contribution in [-0.4, -0.2) is 20.1 Å². The standard InChI is InChI=1S/C12H14BrN3O/c1-2-7-16-11(8-14-15-16)12(17)9-5-3-4-6-10(9)13/h3-6,8,12,17H,2,7H2,1H3. The number of halogens is 1. The van der Waals surface area contributed by atoms with Gasteiger partial charge in [0.15, 0.2) is 0 Å². The van der Waals surface area contributed by atoms with Gasteiger partial charge < -0.3 is 5.11 Å². The fourth-order valence-electron chi connectivity index (χ4n) is 1.72. The van der Waals surface area contributed by atoms with Crippen LogP contribution >= 0.6 is 15.9 Å². The molecule has 0 aliphatic heterocycles. The Labute approximate surface area is 108 Å². The van der Waals surface area contributed by atoms with Crippen molar-refractivity contribution in [2.24, 2.45) is 0 Å². The highest BCUT2D eigenvalue weighted by atomic mass is 79.9. The maximum Gasteiger partial charge on any atom is 0.123 e. The average molecular weight is 296 g/mol. The number of hydrogen-bond donors (Lipinski definition) is 1. The van der Waals surface area contributed by atoms with Crippen LogP contribution in [0, 0.1) is 0 Å². The first-order valence-corrected chi connectivity index (χ1v) is 6.34. The van der Waals surface area contributed by atoms with Crippen LogP contribution in [0.25, 0.3) is 0 Å². The Morgan fingerprint density at radius 3 is 2.88 bits per heavy atom. The van der Waals surface area contributed by atoms with E-state index in [1.807, 2.05) is 24.3 Å². The first-order valence-electron chi connectivity index (χ1n) is 5.55. The molecule has 90 valence electrons. The van der Waals surface area contributed by atoms with Gasteiger partial charge >= 0.3 is 0 Å². The van der Waals surface area contributed by atoms with Gasteiger partial charge in [0.05, 0.1) is 11.9 Å². The van der Waals surface area contributed by atoms with E-state index in [1.54, 1.807) is 10.9 Å². The SMILES string of the molecule is CCCn1nncc1C(O)c1ccccc1Br. The number of hydrogen-bond acceptors (Lipinski definition) is 3. The molecule has 0 radical (unpaired) electrons. The lowest BCUT2D eigenvalue weighted by molar-refractivity contribution is 0.206. The third-order valence-corrected chi connectivity index (χ3v) is 3.29. The van der Waals surface area contributed by atoms with E-state index in [0.29, 0.717) is 0 Å². The topological polar surface area (TPSA) is 50.9 Å². The van der Waals surface area contributed by atoms with Crippen molar-refractivity contribution >= 4 is 15.9 Å². The Morgan fingerprint density at radius 2 is 2.18 bits per heavy atom. The molecule has 1 unspecified atom stereocenters. The lowest BCUT2D eigenvalue weighted by Crippen LogP contribution is -2.10. The molecule has 1 heterocycles. The Hall–Kier alpha value is -1.20. The summed E-state index contributed by atoms with van der Waals surface area (Å²) in [4.78, 5) is 0. The zero-order chi connectivity index (χ0) is 12.3. The molecule has 2 rings (SSSR count). The van der Waals surface area contributed by atoms with E-state index in [2.05, 4.69) is 33.2 Å². The number of nitrogens with zero attached hydrogens (tertiary/aromatic N) is 3. The van der Waals surface area contributed by atoms with E-state index in [0.717, 1.165) is 28.7 Å². The minimum absolute atomic E-state index is 0.702. The summed E-state index contributed by atoms with van der Waals surface area (Å²) in [6, 6.07) is 7.61. The summed E-state index contributed by atoms with van der Waals surface area (Å²) in [6.45, 7) is 2.83. The molecule has 1 aromatic heterocycles. The van der Waals surface area contributed by atoms with Crippen molar-refractivity contribution in [3.05, 3.63) is 46.2 Å². The van der Waals surface area contributed by atoms with Crippen molar-refractivity contribution in [1.82, 2.24) is 15.0 Å². The van der Waals surface area contributed by atoms with Gasteiger partial charge in [-0.2, -0.15) is 0 Å². The molecule has 17 heavy (non-hydrogen) atoms. The van der Waals surface area contributed by atoms with Gasteiger partial charge in [0.25, 0.3) is 0 Å². The van der Waals surface area contributed by atoms with Crippen molar-refractivity contribution < 1.29 is 5.11 Å². The monoisotopic (exact) mass is 295 g/mol. The summed E-state index contributed by atoms with van der Waals surface area (Å²) in [5.74, 6) is 0. The van der Waals surface area contributed by atoms with Crippen LogP contribution in [0.2, 0.25) is 0 Å². The van der Waals surface area contributed by atoms with E-state index in [1.165, 1.54) is 0 Å². The second-order valence-electron chi connectivity index (χ2n) is 3.81. The summed E-state index contributed by atoms with van der Waals surface area (Å²) in [7, 11) is 0. The van der Waals surface area contributed by atoms with Crippen LogP contribution in [-0.2, 0) is 6.54 Å². The van der Waals surface area contributed by atoms with Crippen molar-refractivity contribution in [3.63, 3.8) is 0 Å². The molecule has 0 aliphatic carbocycles. The smallest absolute Gasteiger partial charge is 0.123 e. The second-order valence-corrected chi connectivity index (χ2v) is 4.66. The van der Waals surface area contributed by atoms with Crippen molar-refractivity contribution in [2.45, 2.75) is 26.0 Å². The van der Waals surface area contributed by atoms with Gasteiger partial charge in [0.2, 0.25) is 0 Å². The Bertz CT molecular complexity index is 498. The van der Waals surface area contributed by atoms with E-state index >= 15 is 0 Å². The Balaban J connectivity index is 2.34. The summed E-state index contributed by atoms with van der Waals surface area (Å²) >= 11 is 3.44. The summed E-state index contributed by atoms with van der Waals surface area (Å²) < 4.78 is 2.63. The third-order valence-electron chi connectivity index (χ3n) is 2.56. The second kappa shape index (κ2) is 5.42. The van der Waals surface area contributed by atoms with E-state index in [9.17, 15) is 5.11 Å². The van der Waals surface area contributed by atoms with Crippen molar-refractivity contribution in [1.29, 1.82) is 0 Å². The fraction of sp³-hybridized carbons (Fsp3) is 0.333. The molecular formula is C12H14BrN3O. The number of aryl methyl sites for hydroxylation is 1. The minimum Gasteiger partial charge on any atom is -0.382 e. The Kier molecular flexibility index (Phi) is 3.91. The lowest BCUT2D eigenvalue weighted by atomic mass is 10.1. The molecule has 5 heteroatoms. The fourth-order valence-corrected chi connectivity index (χ4v) is 2.22. The molecule has 4 nitrogen and oxygen atoms in total. The van der Waals surface area contributed by atoms with Gasteiger partial charge in [-0.15, -0.1) is 5.10 Å². The quantitative estimate of drug-likeness (QED) is 0.943. The molecular weight excluding hydrogens is 282 g/mol. The van der Waals surface area contributed by atoms with Crippen molar-refractivity contribution in [3.8, 4) is 0 Å². The maximum atomic E-state index is 10.3. The van der Waals surface area contributed by atoms with Gasteiger partial charge in [-0.1, -0.05) is 46.3 Å². The summed E-state index contributed by atoms with van der Waals surface area (Å²) in [5.41, 5.74) is 1.55. The molecule has 0 bridgehead atoms. The molecule has 0 saturated heterocycles. The van der Waals surface area contributed by atoms with Crippen molar-refractivity contribution in [2.75, 3.05) is 0 Å². The van der Waals surface area contributed by atoms with Gasteiger partial charge in [-0.3, -0.25) is 0 Å². The van der Waals surface area contributed by atoms with E-state index in [-0.39, 0.29) is 0 Å². The van der Waals surface area contributed by atoms with Gasteiger partial charge in [0, 0.05) is 16.6 Å². The largest absolute Gasteiger partial charge is 0.382 e. The van der Waals surface area contributed by atoms with Crippen LogP contribution in [0.3, 0.4) is 0 Å². The third kappa shape index (κ3) is 2.56. The van der Waals surface area contributed by atoms with Crippen LogP contribution < -0.4 is 0 Å². The summed E-state index contributed by atoms with van der Waals surface area (Å²) in [6.07, 6.45) is 1.87.